The Labute approximate surface area is 157 Å². The monoisotopic (exact) mass is 364 g/mol. The standard InChI is InChI=1S/C21H24N4O2/c1-14-18-19(26)17(21(27)23-15-9-5-2-3-6-10-15)13-22-20(18)25(24-14)16-11-7-4-8-12-16/h4,7-8,11-13,15H,2-3,5-6,9-10H2,1H3,(H,22,26)(H,23,27). The number of aromatic amines is 1. The molecular weight excluding hydrogens is 340 g/mol. The van der Waals surface area contributed by atoms with Crippen LogP contribution >= 0.6 is 0 Å². The molecule has 0 spiro atoms. The van der Waals surface area contributed by atoms with Gasteiger partial charge < -0.3 is 10.3 Å². The third-order valence-corrected chi connectivity index (χ3v) is 5.32. The summed E-state index contributed by atoms with van der Waals surface area (Å²) in [4.78, 5) is 28.8. The molecule has 1 aromatic carbocycles. The second-order valence-corrected chi connectivity index (χ2v) is 7.25. The minimum atomic E-state index is -0.295. The fraction of sp³-hybridized carbons (Fsp3) is 0.381. The number of pyridine rings is 1. The topological polar surface area (TPSA) is 79.8 Å². The van der Waals surface area contributed by atoms with Crippen molar-refractivity contribution in [3.8, 4) is 5.69 Å². The van der Waals surface area contributed by atoms with E-state index in [0.717, 1.165) is 31.4 Å². The van der Waals surface area contributed by atoms with Gasteiger partial charge in [-0.15, -0.1) is 0 Å². The summed E-state index contributed by atoms with van der Waals surface area (Å²) < 4.78 is 1.71. The molecule has 1 fully saturated rings. The summed E-state index contributed by atoms with van der Waals surface area (Å²) in [5, 5.41) is 8.02. The van der Waals surface area contributed by atoms with E-state index in [0.29, 0.717) is 16.7 Å². The van der Waals surface area contributed by atoms with Gasteiger partial charge in [-0.05, 0) is 31.9 Å². The number of rotatable bonds is 3. The Morgan fingerprint density at radius 2 is 1.85 bits per heavy atom. The summed E-state index contributed by atoms with van der Waals surface area (Å²) in [6, 6.07) is 9.78. The molecule has 0 radical (unpaired) electrons. The Balaban J connectivity index is 1.69. The average Bonchev–Trinajstić information content (AvgIpc) is 2.84. The quantitative estimate of drug-likeness (QED) is 0.698. The van der Waals surface area contributed by atoms with E-state index in [2.05, 4.69) is 15.4 Å². The van der Waals surface area contributed by atoms with Gasteiger partial charge in [-0.3, -0.25) is 9.59 Å². The lowest BCUT2D eigenvalue weighted by Gasteiger charge is -2.16. The van der Waals surface area contributed by atoms with Crippen molar-refractivity contribution in [2.24, 2.45) is 0 Å². The number of nitrogens with zero attached hydrogens (tertiary/aromatic N) is 2. The largest absolute Gasteiger partial charge is 0.349 e. The lowest BCUT2D eigenvalue weighted by atomic mass is 10.1. The number of hydrogen-bond acceptors (Lipinski definition) is 3. The van der Waals surface area contributed by atoms with Crippen molar-refractivity contribution in [1.82, 2.24) is 20.1 Å². The number of aromatic nitrogens is 3. The molecule has 1 amide bonds. The van der Waals surface area contributed by atoms with Gasteiger partial charge in [0.1, 0.15) is 11.2 Å². The van der Waals surface area contributed by atoms with Crippen LogP contribution < -0.4 is 10.7 Å². The molecule has 1 saturated carbocycles. The molecular formula is C21H24N4O2. The number of para-hydroxylation sites is 1. The summed E-state index contributed by atoms with van der Waals surface area (Å²) in [7, 11) is 0. The Morgan fingerprint density at radius 1 is 1.15 bits per heavy atom. The van der Waals surface area contributed by atoms with Crippen molar-refractivity contribution in [1.29, 1.82) is 0 Å². The first-order chi connectivity index (χ1) is 13.1. The Bertz CT molecular complexity index is 1010. The van der Waals surface area contributed by atoms with Gasteiger partial charge in [0.25, 0.3) is 5.91 Å². The molecule has 0 saturated heterocycles. The van der Waals surface area contributed by atoms with E-state index in [9.17, 15) is 9.59 Å². The number of aryl methyl sites for hydroxylation is 1. The zero-order valence-electron chi connectivity index (χ0n) is 15.5. The molecule has 0 atom stereocenters. The van der Waals surface area contributed by atoms with Crippen LogP contribution in [0.25, 0.3) is 16.7 Å². The Morgan fingerprint density at radius 3 is 2.56 bits per heavy atom. The van der Waals surface area contributed by atoms with Crippen LogP contribution in [-0.4, -0.2) is 26.7 Å². The minimum absolute atomic E-state index is 0.155. The van der Waals surface area contributed by atoms with Gasteiger partial charge in [-0.2, -0.15) is 5.10 Å². The van der Waals surface area contributed by atoms with Gasteiger partial charge in [0, 0.05) is 12.2 Å². The van der Waals surface area contributed by atoms with Crippen molar-refractivity contribution in [2.75, 3.05) is 0 Å². The second-order valence-electron chi connectivity index (χ2n) is 7.25. The SMILES string of the molecule is Cc1nn(-c2ccccc2)c2[nH]cc(C(=O)NC3CCCCCC3)c(=O)c12. The van der Waals surface area contributed by atoms with E-state index in [1.54, 1.807) is 11.6 Å². The lowest BCUT2D eigenvalue weighted by Crippen LogP contribution is -2.37. The molecule has 2 aromatic heterocycles. The lowest BCUT2D eigenvalue weighted by molar-refractivity contribution is 0.0932. The molecule has 1 aliphatic rings. The molecule has 0 bridgehead atoms. The van der Waals surface area contributed by atoms with Gasteiger partial charge in [0.05, 0.1) is 16.8 Å². The first-order valence-electron chi connectivity index (χ1n) is 9.62. The highest BCUT2D eigenvalue weighted by Gasteiger charge is 2.21. The van der Waals surface area contributed by atoms with Crippen molar-refractivity contribution < 1.29 is 4.79 Å². The maximum atomic E-state index is 13.0. The van der Waals surface area contributed by atoms with Gasteiger partial charge in [-0.25, -0.2) is 4.68 Å². The van der Waals surface area contributed by atoms with Crippen LogP contribution in [-0.2, 0) is 0 Å². The third kappa shape index (κ3) is 3.39. The minimum Gasteiger partial charge on any atom is -0.349 e. The van der Waals surface area contributed by atoms with Crippen LogP contribution in [0.15, 0.2) is 41.3 Å². The van der Waals surface area contributed by atoms with Gasteiger partial charge in [0.15, 0.2) is 0 Å². The summed E-state index contributed by atoms with van der Waals surface area (Å²) in [5.41, 5.74) is 1.97. The molecule has 3 aromatic rings. The van der Waals surface area contributed by atoms with E-state index in [1.165, 1.54) is 19.0 Å². The molecule has 2 N–H and O–H groups in total. The maximum Gasteiger partial charge on any atom is 0.256 e. The highest BCUT2D eigenvalue weighted by molar-refractivity contribution is 5.97. The molecule has 0 aliphatic heterocycles. The summed E-state index contributed by atoms with van der Waals surface area (Å²) in [6.07, 6.45) is 8.17. The maximum absolute atomic E-state index is 13.0. The van der Waals surface area contributed by atoms with E-state index < -0.39 is 0 Å². The predicted octanol–water partition coefficient (Wildman–Crippen LogP) is 3.47. The average molecular weight is 364 g/mol. The van der Waals surface area contributed by atoms with Gasteiger partial charge in [0.2, 0.25) is 5.43 Å². The molecule has 6 nitrogen and oxygen atoms in total. The predicted molar refractivity (Wildman–Crippen MR) is 105 cm³/mol. The van der Waals surface area contributed by atoms with Gasteiger partial charge >= 0.3 is 0 Å². The van der Waals surface area contributed by atoms with Gasteiger partial charge in [-0.1, -0.05) is 43.9 Å². The molecule has 6 heteroatoms. The Hall–Kier alpha value is -2.89. The number of carbonyl (C=O) groups excluding carboxylic acids is 1. The molecule has 4 rings (SSSR count). The fourth-order valence-electron chi connectivity index (χ4n) is 3.88. The number of amides is 1. The zero-order chi connectivity index (χ0) is 18.8. The normalized spacial score (nSPS) is 15.6. The first-order valence-corrected chi connectivity index (χ1v) is 9.62. The highest BCUT2D eigenvalue weighted by atomic mass is 16.2. The molecule has 140 valence electrons. The fourth-order valence-corrected chi connectivity index (χ4v) is 3.88. The van der Waals surface area contributed by atoms with Crippen LogP contribution in [0.3, 0.4) is 0 Å². The number of hydrogen-bond donors (Lipinski definition) is 2. The highest BCUT2D eigenvalue weighted by Crippen LogP contribution is 2.19. The number of fused-ring (bicyclic) bond motifs is 1. The van der Waals surface area contributed by atoms with Crippen molar-refractivity contribution in [2.45, 2.75) is 51.5 Å². The molecule has 27 heavy (non-hydrogen) atoms. The first kappa shape index (κ1) is 17.5. The Kier molecular flexibility index (Phi) is 4.79. The van der Waals surface area contributed by atoms with Crippen LogP contribution in [0.4, 0.5) is 0 Å². The van der Waals surface area contributed by atoms with Crippen molar-refractivity contribution in [3.05, 3.63) is 58.0 Å². The van der Waals surface area contributed by atoms with Crippen molar-refractivity contribution >= 4 is 16.9 Å². The summed E-state index contributed by atoms with van der Waals surface area (Å²) in [6.45, 7) is 1.80. The zero-order valence-corrected chi connectivity index (χ0v) is 15.5. The number of H-pyrrole nitrogens is 1. The van der Waals surface area contributed by atoms with Crippen LogP contribution in [0, 0.1) is 6.92 Å². The molecule has 1 aliphatic carbocycles. The summed E-state index contributed by atoms with van der Waals surface area (Å²) in [5.74, 6) is -0.295. The third-order valence-electron chi connectivity index (χ3n) is 5.32. The van der Waals surface area contributed by atoms with Crippen LogP contribution in [0.2, 0.25) is 0 Å². The molecule has 2 heterocycles. The second kappa shape index (κ2) is 7.39. The van der Waals surface area contributed by atoms with Crippen LogP contribution in [0.1, 0.15) is 54.6 Å². The van der Waals surface area contributed by atoms with Crippen molar-refractivity contribution in [3.63, 3.8) is 0 Å². The van der Waals surface area contributed by atoms with E-state index >= 15 is 0 Å². The van der Waals surface area contributed by atoms with E-state index in [1.807, 2.05) is 30.3 Å². The summed E-state index contributed by atoms with van der Waals surface area (Å²) >= 11 is 0. The van der Waals surface area contributed by atoms with E-state index in [4.69, 9.17) is 0 Å². The van der Waals surface area contributed by atoms with E-state index in [-0.39, 0.29) is 22.9 Å². The van der Waals surface area contributed by atoms with Crippen LogP contribution in [0.5, 0.6) is 0 Å². The number of nitrogens with one attached hydrogen (secondary N) is 2. The smallest absolute Gasteiger partial charge is 0.256 e. The molecule has 0 unspecified atom stereocenters. The number of carbonyl (C=O) groups is 1. The number of benzene rings is 1.